The maximum atomic E-state index is 13.6. The number of nitrogens with zero attached hydrogens (tertiary/aromatic N) is 2. The van der Waals surface area contributed by atoms with Crippen LogP contribution in [-0.2, 0) is 4.79 Å². The molecule has 1 unspecified atom stereocenters. The summed E-state index contributed by atoms with van der Waals surface area (Å²) in [6.45, 7) is 0.277. The first kappa shape index (κ1) is 20.8. The number of carbonyl (C=O) groups is 1. The first-order valence-electron chi connectivity index (χ1n) is 9.93. The molecule has 2 heterocycles. The summed E-state index contributed by atoms with van der Waals surface area (Å²) >= 11 is 0. The molecule has 3 aromatic rings. The van der Waals surface area contributed by atoms with Crippen LogP contribution in [0.25, 0.3) is 11.5 Å². The monoisotopic (exact) mass is 428 g/mol. The van der Waals surface area contributed by atoms with Crippen molar-refractivity contribution in [3.05, 3.63) is 59.2 Å². The largest absolute Gasteiger partial charge is 0.497 e. The lowest BCUT2D eigenvalue weighted by molar-refractivity contribution is -0.119. The standard InChI is InChI=1S/C11H11F2NO2.C11H11N3O/c1-16-7-3-8(12)11(9(13)4-7)6-2-10(15)14-5-6;12-11-14-13-10(15-11)9-5-3-8(4-6-9)7-1-2-7/h3-4,6H,2,5H2,1H3,(H,14,15);3-7H,1-2H2,(H2,12,14). The third-order valence-electron chi connectivity index (χ3n) is 5.32. The zero-order chi connectivity index (χ0) is 22.0. The highest BCUT2D eigenvalue weighted by Crippen LogP contribution is 2.40. The van der Waals surface area contributed by atoms with E-state index in [-0.39, 0.29) is 36.2 Å². The first-order chi connectivity index (χ1) is 14.9. The third kappa shape index (κ3) is 4.82. The summed E-state index contributed by atoms with van der Waals surface area (Å²) < 4.78 is 37.1. The van der Waals surface area contributed by atoms with Crippen molar-refractivity contribution in [3.8, 4) is 17.2 Å². The molecule has 2 aromatic carbocycles. The van der Waals surface area contributed by atoms with Crippen LogP contribution < -0.4 is 15.8 Å². The van der Waals surface area contributed by atoms with Gasteiger partial charge in [-0.2, -0.15) is 0 Å². The molecule has 0 bridgehead atoms. The number of aromatic nitrogens is 2. The van der Waals surface area contributed by atoms with Crippen LogP contribution in [0, 0.1) is 11.6 Å². The van der Waals surface area contributed by atoms with Crippen LogP contribution in [0.15, 0.2) is 40.8 Å². The van der Waals surface area contributed by atoms with Crippen molar-refractivity contribution < 1.29 is 22.7 Å². The number of methoxy groups -OCH3 is 1. The van der Waals surface area contributed by atoms with E-state index < -0.39 is 17.6 Å². The molecule has 1 amide bonds. The number of benzene rings is 2. The van der Waals surface area contributed by atoms with E-state index in [9.17, 15) is 13.6 Å². The molecule has 0 radical (unpaired) electrons. The Balaban J connectivity index is 0.000000149. The molecule has 5 rings (SSSR count). The maximum Gasteiger partial charge on any atom is 0.313 e. The van der Waals surface area contributed by atoms with Gasteiger partial charge in [-0.3, -0.25) is 4.79 Å². The molecular formula is C22H22F2N4O3. The highest BCUT2D eigenvalue weighted by atomic mass is 19.1. The van der Waals surface area contributed by atoms with E-state index in [4.69, 9.17) is 14.9 Å². The SMILES string of the molecule is COc1cc(F)c(C2CNC(=O)C2)c(F)c1.Nc1nnc(-c2ccc(C3CC3)cc2)o1. The summed E-state index contributed by atoms with van der Waals surface area (Å²) in [6, 6.07) is 10.6. The lowest BCUT2D eigenvalue weighted by Gasteiger charge is -2.11. The minimum Gasteiger partial charge on any atom is -0.497 e. The molecule has 9 heteroatoms. The zero-order valence-corrected chi connectivity index (χ0v) is 16.9. The summed E-state index contributed by atoms with van der Waals surface area (Å²) in [7, 11) is 1.34. The van der Waals surface area contributed by atoms with E-state index in [0.29, 0.717) is 5.89 Å². The van der Waals surface area contributed by atoms with E-state index in [2.05, 4.69) is 27.6 Å². The summed E-state index contributed by atoms with van der Waals surface area (Å²) in [5, 5.41) is 10.0. The number of ether oxygens (including phenoxy) is 1. The van der Waals surface area contributed by atoms with Gasteiger partial charge in [-0.15, -0.1) is 5.10 Å². The second-order valence-electron chi connectivity index (χ2n) is 7.55. The van der Waals surface area contributed by atoms with E-state index in [1.54, 1.807) is 0 Å². The van der Waals surface area contributed by atoms with Gasteiger partial charge in [-0.25, -0.2) is 8.78 Å². The van der Waals surface area contributed by atoms with Gasteiger partial charge < -0.3 is 20.2 Å². The van der Waals surface area contributed by atoms with Gasteiger partial charge >= 0.3 is 6.01 Å². The van der Waals surface area contributed by atoms with Crippen LogP contribution in [-0.4, -0.2) is 29.8 Å². The molecular weight excluding hydrogens is 406 g/mol. The lowest BCUT2D eigenvalue weighted by atomic mass is 9.97. The molecule has 7 nitrogen and oxygen atoms in total. The number of amides is 1. The minimum absolute atomic E-state index is 0.0425. The molecule has 2 aliphatic rings. The van der Waals surface area contributed by atoms with Crippen LogP contribution in [0.5, 0.6) is 5.75 Å². The van der Waals surface area contributed by atoms with Gasteiger partial charge in [0, 0.05) is 42.1 Å². The van der Waals surface area contributed by atoms with Crippen molar-refractivity contribution in [1.29, 1.82) is 0 Å². The van der Waals surface area contributed by atoms with Crippen molar-refractivity contribution in [2.45, 2.75) is 31.1 Å². The Bertz CT molecular complexity index is 1060. The Morgan fingerprint density at radius 3 is 2.26 bits per heavy atom. The van der Waals surface area contributed by atoms with Gasteiger partial charge in [-0.1, -0.05) is 17.2 Å². The van der Waals surface area contributed by atoms with Gasteiger partial charge in [0.1, 0.15) is 17.4 Å². The van der Waals surface area contributed by atoms with Crippen molar-refractivity contribution in [2.75, 3.05) is 19.4 Å². The van der Waals surface area contributed by atoms with Crippen molar-refractivity contribution >= 4 is 11.9 Å². The van der Waals surface area contributed by atoms with Gasteiger partial charge in [0.2, 0.25) is 11.8 Å². The van der Waals surface area contributed by atoms with Crippen molar-refractivity contribution in [3.63, 3.8) is 0 Å². The van der Waals surface area contributed by atoms with Crippen LogP contribution in [0.2, 0.25) is 0 Å². The fraction of sp³-hybridized carbons (Fsp3) is 0.318. The number of hydrogen-bond acceptors (Lipinski definition) is 6. The highest BCUT2D eigenvalue weighted by Gasteiger charge is 2.28. The minimum atomic E-state index is -0.668. The van der Waals surface area contributed by atoms with Crippen molar-refractivity contribution in [2.24, 2.45) is 0 Å². The number of carbonyl (C=O) groups excluding carboxylic acids is 1. The summed E-state index contributed by atoms with van der Waals surface area (Å²) in [5.41, 5.74) is 7.64. The Morgan fingerprint density at radius 1 is 1.10 bits per heavy atom. The molecule has 2 fully saturated rings. The third-order valence-corrected chi connectivity index (χ3v) is 5.32. The first-order valence-corrected chi connectivity index (χ1v) is 9.93. The van der Waals surface area contributed by atoms with Crippen molar-refractivity contribution in [1.82, 2.24) is 15.5 Å². The van der Waals surface area contributed by atoms with Gasteiger partial charge in [0.25, 0.3) is 0 Å². The van der Waals surface area contributed by atoms with Gasteiger partial charge in [-0.05, 0) is 36.5 Å². The molecule has 0 spiro atoms. The summed E-state index contributed by atoms with van der Waals surface area (Å²) in [5.74, 6) is -0.563. The average molecular weight is 428 g/mol. The number of anilines is 1. The predicted molar refractivity (Wildman–Crippen MR) is 109 cm³/mol. The second kappa shape index (κ2) is 8.71. The number of hydrogen-bond donors (Lipinski definition) is 2. The predicted octanol–water partition coefficient (Wildman–Crippen LogP) is 3.77. The van der Waals surface area contributed by atoms with Crippen LogP contribution >= 0.6 is 0 Å². The second-order valence-corrected chi connectivity index (χ2v) is 7.55. The average Bonchev–Trinajstić information content (AvgIpc) is 3.39. The molecule has 3 N–H and O–H groups in total. The van der Waals surface area contributed by atoms with Gasteiger partial charge in [0.15, 0.2) is 0 Å². The summed E-state index contributed by atoms with van der Waals surface area (Å²) in [4.78, 5) is 11.0. The van der Waals surface area contributed by atoms with Crippen LogP contribution in [0.4, 0.5) is 14.8 Å². The number of nitrogens with two attached hydrogens (primary N) is 1. The summed E-state index contributed by atoms with van der Waals surface area (Å²) in [6.07, 6.45) is 2.75. The quantitative estimate of drug-likeness (QED) is 0.656. The van der Waals surface area contributed by atoms with E-state index >= 15 is 0 Å². The molecule has 1 aliphatic carbocycles. The zero-order valence-electron chi connectivity index (χ0n) is 16.9. The fourth-order valence-corrected chi connectivity index (χ4v) is 3.54. The molecule has 1 aliphatic heterocycles. The van der Waals surface area contributed by atoms with Crippen LogP contribution in [0.1, 0.15) is 42.2 Å². The molecule has 162 valence electrons. The maximum absolute atomic E-state index is 13.6. The number of halogens is 2. The molecule has 1 saturated heterocycles. The Labute approximate surface area is 177 Å². The van der Waals surface area contributed by atoms with Crippen LogP contribution in [0.3, 0.4) is 0 Å². The number of rotatable bonds is 4. The Hall–Kier alpha value is -3.49. The molecule has 1 atom stereocenters. The molecule has 1 saturated carbocycles. The topological polar surface area (TPSA) is 103 Å². The van der Waals surface area contributed by atoms with E-state index in [0.717, 1.165) is 23.6 Å². The Kier molecular flexibility index (Phi) is 5.83. The smallest absolute Gasteiger partial charge is 0.313 e. The van der Waals surface area contributed by atoms with Gasteiger partial charge in [0.05, 0.1) is 7.11 Å². The lowest BCUT2D eigenvalue weighted by Crippen LogP contribution is -2.14. The normalized spacial score (nSPS) is 17.6. The van der Waals surface area contributed by atoms with E-state index in [1.165, 1.54) is 25.5 Å². The number of nitrogen functional groups attached to an aromatic ring is 1. The molecule has 1 aromatic heterocycles. The highest BCUT2D eigenvalue weighted by molar-refractivity contribution is 5.79. The fourth-order valence-electron chi connectivity index (χ4n) is 3.54. The molecule has 31 heavy (non-hydrogen) atoms. The Morgan fingerprint density at radius 2 is 1.77 bits per heavy atom. The van der Waals surface area contributed by atoms with E-state index in [1.807, 2.05) is 12.1 Å². The number of nitrogens with one attached hydrogen (secondary N) is 1.